The number of rotatable bonds is 1. The van der Waals surface area contributed by atoms with Crippen molar-refractivity contribution >= 4 is 5.78 Å². The second-order valence-electron chi connectivity index (χ2n) is 4.91. The van der Waals surface area contributed by atoms with Crippen LogP contribution >= 0.6 is 0 Å². The third-order valence-corrected chi connectivity index (χ3v) is 3.43. The molecule has 0 spiro atoms. The van der Waals surface area contributed by atoms with E-state index in [2.05, 4.69) is 0 Å². The number of Topliss-reactive ketones (excluding diaryl/α,β-unsaturated/α-hetero) is 1. The minimum atomic E-state index is -1.64. The molecule has 2 aromatic carbocycles. The number of fused-ring (bicyclic) bond motifs is 1. The number of hydrogen-bond donors (Lipinski definition) is 4. The summed E-state index contributed by atoms with van der Waals surface area (Å²) >= 11 is 0. The largest absolute Gasteiger partial charge is 0.872 e. The highest BCUT2D eigenvalue weighted by Gasteiger charge is 2.37. The fraction of sp³-hybridized carbons (Fsp3) is 0.133. The van der Waals surface area contributed by atoms with E-state index >= 15 is 0 Å². The highest BCUT2D eigenvalue weighted by molar-refractivity contribution is 6.05. The van der Waals surface area contributed by atoms with E-state index in [1.165, 1.54) is 12.1 Å². The van der Waals surface area contributed by atoms with Gasteiger partial charge in [0.05, 0.1) is 5.56 Å². The van der Waals surface area contributed by atoms with Crippen LogP contribution < -0.4 is 9.84 Å². The Kier molecular flexibility index (Phi) is 3.07. The van der Waals surface area contributed by atoms with Crippen LogP contribution in [0.4, 0.5) is 0 Å². The number of aliphatic hydroxyl groups is 1. The predicted octanol–water partition coefficient (Wildman–Crippen LogP) is 0.554. The van der Waals surface area contributed by atoms with E-state index in [1.807, 2.05) is 0 Å². The Morgan fingerprint density at radius 2 is 1.77 bits per heavy atom. The summed E-state index contributed by atoms with van der Waals surface area (Å²) in [5, 5.41) is 50.0. The molecule has 1 aliphatic heterocycles. The van der Waals surface area contributed by atoms with Crippen molar-refractivity contribution in [2.45, 2.75) is 12.2 Å². The number of ketones is 1. The lowest BCUT2D eigenvalue weighted by molar-refractivity contribution is -0.269. The van der Waals surface area contributed by atoms with Crippen molar-refractivity contribution < 1.29 is 35.1 Å². The highest BCUT2D eigenvalue weighted by Crippen LogP contribution is 2.41. The number of benzene rings is 2. The van der Waals surface area contributed by atoms with Crippen LogP contribution in [0.3, 0.4) is 0 Å². The Morgan fingerprint density at radius 3 is 2.45 bits per heavy atom. The molecule has 0 bridgehead atoms. The van der Waals surface area contributed by atoms with E-state index < -0.39 is 29.5 Å². The Labute approximate surface area is 124 Å². The minimum Gasteiger partial charge on any atom is -0.872 e. The zero-order chi connectivity index (χ0) is 16.0. The first-order valence-electron chi connectivity index (χ1n) is 6.33. The third-order valence-electron chi connectivity index (χ3n) is 3.43. The van der Waals surface area contributed by atoms with Crippen molar-refractivity contribution in [3.05, 3.63) is 41.5 Å². The van der Waals surface area contributed by atoms with Crippen molar-refractivity contribution in [1.29, 1.82) is 0 Å². The maximum absolute atomic E-state index is 12.2. The van der Waals surface area contributed by atoms with Gasteiger partial charge in [-0.2, -0.15) is 0 Å². The monoisotopic (exact) mass is 303 g/mol. The van der Waals surface area contributed by atoms with Gasteiger partial charge in [0.1, 0.15) is 11.5 Å². The van der Waals surface area contributed by atoms with E-state index in [9.17, 15) is 30.3 Å². The number of aromatic hydroxyl groups is 3. The summed E-state index contributed by atoms with van der Waals surface area (Å²) in [4.78, 5) is 12.2. The highest BCUT2D eigenvalue weighted by atomic mass is 16.5. The van der Waals surface area contributed by atoms with E-state index in [0.717, 1.165) is 18.2 Å². The zero-order valence-electron chi connectivity index (χ0n) is 11.1. The summed E-state index contributed by atoms with van der Waals surface area (Å²) in [6.45, 7) is 0. The number of carbonyl (C=O) groups excluding carboxylic acids is 1. The van der Waals surface area contributed by atoms with Gasteiger partial charge in [-0.1, -0.05) is 11.8 Å². The van der Waals surface area contributed by atoms with Crippen LogP contribution in [0.15, 0.2) is 30.3 Å². The molecule has 1 aliphatic rings. The van der Waals surface area contributed by atoms with Crippen molar-refractivity contribution in [3.63, 3.8) is 0 Å². The fourth-order valence-corrected chi connectivity index (χ4v) is 2.37. The van der Waals surface area contributed by atoms with Crippen LogP contribution in [-0.2, 0) is 0 Å². The van der Waals surface area contributed by atoms with Crippen LogP contribution in [-0.4, -0.2) is 32.3 Å². The van der Waals surface area contributed by atoms with Gasteiger partial charge in [0.2, 0.25) is 0 Å². The van der Waals surface area contributed by atoms with Crippen LogP contribution in [0.5, 0.6) is 28.7 Å². The van der Waals surface area contributed by atoms with Crippen molar-refractivity contribution in [2.24, 2.45) is 0 Å². The fourth-order valence-electron chi connectivity index (χ4n) is 2.37. The molecule has 4 N–H and O–H groups in total. The van der Waals surface area contributed by atoms with Gasteiger partial charge in [-0.25, -0.2) is 0 Å². The maximum Gasteiger partial charge on any atom is 0.198 e. The number of phenolic OH excluding ortho intramolecular Hbond substituents is 3. The molecule has 0 amide bonds. The van der Waals surface area contributed by atoms with E-state index in [0.29, 0.717) is 0 Å². The van der Waals surface area contributed by atoms with Gasteiger partial charge in [0, 0.05) is 6.07 Å². The molecule has 0 aromatic heterocycles. The molecule has 0 aliphatic carbocycles. The van der Waals surface area contributed by atoms with Crippen LogP contribution in [0.25, 0.3) is 0 Å². The molecular weight excluding hydrogens is 292 g/mol. The third kappa shape index (κ3) is 2.08. The van der Waals surface area contributed by atoms with E-state index in [4.69, 9.17) is 4.74 Å². The molecule has 1 heterocycles. The Hall–Kier alpha value is -2.93. The number of hydrogen-bond acceptors (Lipinski definition) is 7. The van der Waals surface area contributed by atoms with Crippen LogP contribution in [0.2, 0.25) is 0 Å². The van der Waals surface area contributed by atoms with E-state index in [-0.39, 0.29) is 28.4 Å². The summed E-state index contributed by atoms with van der Waals surface area (Å²) in [7, 11) is 0. The minimum absolute atomic E-state index is 0.141. The van der Waals surface area contributed by atoms with Gasteiger partial charge in [0.25, 0.3) is 0 Å². The second kappa shape index (κ2) is 4.81. The number of carbonyl (C=O) groups is 1. The Balaban J connectivity index is 2.08. The molecule has 7 nitrogen and oxygen atoms in total. The van der Waals surface area contributed by atoms with Gasteiger partial charge in [-0.15, -0.1) is 0 Å². The second-order valence-corrected chi connectivity index (χ2v) is 4.91. The topological polar surface area (TPSA) is 130 Å². The first kappa shape index (κ1) is 14.0. The normalized spacial score (nSPS) is 20.3. The standard InChI is InChI=1S/C15H12O7/c16-7-4-10(19)12-11(5-7)22-15(14(21)13(12)20)6-1-2-8(17)9(18)3-6/h1-5,14-19,21H/p-1/t14-,15+/m0/s1. The number of ether oxygens (including phenoxy) is 1. The first-order valence-corrected chi connectivity index (χ1v) is 6.33. The lowest BCUT2D eigenvalue weighted by atomic mass is 9.92. The summed E-state index contributed by atoms with van der Waals surface area (Å²) < 4.78 is 5.43. The molecule has 3 rings (SSSR count). The molecule has 114 valence electrons. The molecule has 2 atom stereocenters. The first-order chi connectivity index (χ1) is 10.4. The average molecular weight is 303 g/mol. The summed E-state index contributed by atoms with van der Waals surface area (Å²) in [6, 6.07) is 5.65. The van der Waals surface area contributed by atoms with Gasteiger partial charge in [-0.05, 0) is 23.8 Å². The summed E-state index contributed by atoms with van der Waals surface area (Å²) in [5.41, 5.74) is -0.0952. The lowest BCUT2D eigenvalue weighted by Crippen LogP contribution is -2.36. The van der Waals surface area contributed by atoms with Crippen molar-refractivity contribution in [3.8, 4) is 28.7 Å². The van der Waals surface area contributed by atoms with Gasteiger partial charge in [-0.3, -0.25) is 4.79 Å². The van der Waals surface area contributed by atoms with Crippen LogP contribution in [0.1, 0.15) is 22.0 Å². The zero-order valence-corrected chi connectivity index (χ0v) is 11.1. The summed E-state index contributed by atoms with van der Waals surface area (Å²) in [6.07, 6.45) is -2.82. The molecule has 0 radical (unpaired) electrons. The quantitative estimate of drug-likeness (QED) is 0.566. The van der Waals surface area contributed by atoms with Crippen molar-refractivity contribution in [2.75, 3.05) is 0 Å². The molecule has 0 fully saturated rings. The maximum atomic E-state index is 12.2. The van der Waals surface area contributed by atoms with E-state index in [1.54, 1.807) is 0 Å². The van der Waals surface area contributed by atoms with Crippen molar-refractivity contribution in [1.82, 2.24) is 0 Å². The molecule has 0 saturated heterocycles. The molecule has 7 heteroatoms. The number of aliphatic hydroxyl groups excluding tert-OH is 1. The lowest BCUT2D eigenvalue weighted by Gasteiger charge is -2.32. The molecule has 0 unspecified atom stereocenters. The summed E-state index contributed by atoms with van der Waals surface area (Å²) in [5.74, 6) is -2.87. The molecule has 22 heavy (non-hydrogen) atoms. The molecule has 0 saturated carbocycles. The Bertz CT molecular complexity index is 769. The van der Waals surface area contributed by atoms with Crippen LogP contribution in [0, 0.1) is 0 Å². The molecule has 2 aromatic rings. The molecular formula is C15H11O7-. The van der Waals surface area contributed by atoms with Gasteiger partial charge in [0.15, 0.2) is 29.5 Å². The SMILES string of the molecule is O=C1c2c([O-])cc(O)cc2O[C@H](c2ccc(O)c(O)c2)[C@H]1O. The predicted molar refractivity (Wildman–Crippen MR) is 71.0 cm³/mol. The van der Waals surface area contributed by atoms with Gasteiger partial charge >= 0.3 is 0 Å². The Morgan fingerprint density at radius 1 is 1.05 bits per heavy atom. The average Bonchev–Trinajstić information content (AvgIpc) is 2.45. The smallest absolute Gasteiger partial charge is 0.198 e. The number of phenols is 3. The van der Waals surface area contributed by atoms with Gasteiger partial charge < -0.3 is 30.3 Å².